The molecule has 172 valence electrons. The highest BCUT2D eigenvalue weighted by atomic mass is 16.6. The fraction of sp³-hybridized carbons (Fsp3) is 0.519. The molecule has 0 amide bonds. The van der Waals surface area contributed by atoms with Gasteiger partial charge in [0.05, 0.1) is 0 Å². The first-order valence-corrected chi connectivity index (χ1v) is 11.8. The van der Waals surface area contributed by atoms with Crippen LogP contribution in [0.5, 0.6) is 11.5 Å². The summed E-state index contributed by atoms with van der Waals surface area (Å²) in [5, 5.41) is 9.50. The molecule has 0 saturated carbocycles. The van der Waals surface area contributed by atoms with Crippen molar-refractivity contribution in [1.29, 1.82) is 0 Å². The van der Waals surface area contributed by atoms with E-state index in [-0.39, 0.29) is 18.3 Å². The molecule has 2 heterocycles. The van der Waals surface area contributed by atoms with E-state index in [2.05, 4.69) is 25.1 Å². The van der Waals surface area contributed by atoms with Gasteiger partial charge in [-0.1, -0.05) is 24.3 Å². The number of benzene rings is 2. The van der Waals surface area contributed by atoms with E-state index in [1.807, 2.05) is 18.2 Å². The molecule has 0 bridgehead atoms. The Balaban J connectivity index is 1.43. The van der Waals surface area contributed by atoms with Crippen molar-refractivity contribution in [3.8, 4) is 22.6 Å². The van der Waals surface area contributed by atoms with Crippen LogP contribution in [0.1, 0.15) is 43.2 Å². The molecule has 1 fully saturated rings. The molecule has 1 N–H and O–H groups in total. The number of ether oxygens (including phenoxy) is 3. The lowest BCUT2D eigenvalue weighted by Gasteiger charge is -2.26. The fourth-order valence-corrected chi connectivity index (χ4v) is 4.81. The molecule has 32 heavy (non-hydrogen) atoms. The second-order valence-corrected chi connectivity index (χ2v) is 9.09. The third-order valence-electron chi connectivity index (χ3n) is 6.67. The SMILES string of the molecule is Cc1ccc(-c2ccc3c(c2)OCCO3)cc1CC(=O)CC(CCO)CC1CCOCC1. The maximum atomic E-state index is 13.0. The van der Waals surface area contributed by atoms with Crippen molar-refractivity contribution in [3.05, 3.63) is 47.5 Å². The third kappa shape index (κ3) is 5.90. The highest BCUT2D eigenvalue weighted by molar-refractivity contribution is 5.82. The van der Waals surface area contributed by atoms with Crippen LogP contribution in [0.25, 0.3) is 11.1 Å². The predicted octanol–water partition coefficient (Wildman–Crippen LogP) is 4.75. The van der Waals surface area contributed by atoms with Crippen molar-refractivity contribution in [3.63, 3.8) is 0 Å². The molecule has 0 radical (unpaired) electrons. The zero-order chi connectivity index (χ0) is 22.3. The van der Waals surface area contributed by atoms with E-state index in [9.17, 15) is 9.90 Å². The topological polar surface area (TPSA) is 65.0 Å². The van der Waals surface area contributed by atoms with Gasteiger partial charge >= 0.3 is 0 Å². The minimum absolute atomic E-state index is 0.139. The Kier molecular flexibility index (Phi) is 7.82. The van der Waals surface area contributed by atoms with Gasteiger partial charge in [-0.25, -0.2) is 0 Å². The first-order valence-electron chi connectivity index (χ1n) is 11.8. The van der Waals surface area contributed by atoms with E-state index >= 15 is 0 Å². The van der Waals surface area contributed by atoms with E-state index < -0.39 is 0 Å². The highest BCUT2D eigenvalue weighted by Crippen LogP contribution is 2.35. The van der Waals surface area contributed by atoms with Gasteiger partial charge in [0.2, 0.25) is 0 Å². The van der Waals surface area contributed by atoms with Crippen molar-refractivity contribution in [2.75, 3.05) is 33.0 Å². The summed E-state index contributed by atoms with van der Waals surface area (Å²) in [5.41, 5.74) is 4.32. The normalized spacial score (nSPS) is 17.2. The standard InChI is InChI=1S/C27H34O5/c1-19-2-3-22(23-4-5-26-27(18-23)32-13-12-31-26)16-24(19)17-25(29)15-21(6-9-28)14-20-7-10-30-11-8-20/h2-5,16,18,20-21,28H,6-15,17H2,1H3. The lowest BCUT2D eigenvalue weighted by atomic mass is 9.84. The number of carbonyl (C=O) groups excluding carboxylic acids is 1. The molecule has 0 aliphatic carbocycles. The van der Waals surface area contributed by atoms with E-state index in [1.54, 1.807) is 0 Å². The number of hydrogen-bond donors (Lipinski definition) is 1. The van der Waals surface area contributed by atoms with Gasteiger partial charge in [-0.15, -0.1) is 0 Å². The molecule has 2 aromatic carbocycles. The first kappa shape index (κ1) is 22.8. The lowest BCUT2D eigenvalue weighted by Crippen LogP contribution is -2.21. The average molecular weight is 439 g/mol. The molecule has 1 saturated heterocycles. The van der Waals surface area contributed by atoms with Gasteiger partial charge < -0.3 is 19.3 Å². The highest BCUT2D eigenvalue weighted by Gasteiger charge is 2.22. The minimum Gasteiger partial charge on any atom is -0.486 e. The minimum atomic E-state index is 0.139. The molecule has 1 unspecified atom stereocenters. The Morgan fingerprint density at radius 1 is 1.00 bits per heavy atom. The maximum Gasteiger partial charge on any atom is 0.161 e. The van der Waals surface area contributed by atoms with Crippen LogP contribution in [-0.2, 0) is 16.0 Å². The van der Waals surface area contributed by atoms with Gasteiger partial charge in [0.15, 0.2) is 11.5 Å². The van der Waals surface area contributed by atoms with Crippen molar-refractivity contribution in [2.45, 2.75) is 45.4 Å². The van der Waals surface area contributed by atoms with Gasteiger partial charge in [-0.05, 0) is 78.8 Å². The van der Waals surface area contributed by atoms with Crippen LogP contribution in [0.2, 0.25) is 0 Å². The molecule has 5 nitrogen and oxygen atoms in total. The van der Waals surface area contributed by atoms with E-state index in [1.165, 1.54) is 0 Å². The van der Waals surface area contributed by atoms with Crippen LogP contribution >= 0.6 is 0 Å². The largest absolute Gasteiger partial charge is 0.486 e. The molecule has 1 atom stereocenters. The van der Waals surface area contributed by atoms with Crippen LogP contribution in [-0.4, -0.2) is 43.9 Å². The molecular weight excluding hydrogens is 404 g/mol. The molecule has 0 spiro atoms. The molecule has 5 heteroatoms. The Morgan fingerprint density at radius 3 is 2.50 bits per heavy atom. The van der Waals surface area contributed by atoms with E-state index in [4.69, 9.17) is 14.2 Å². The molecule has 2 aliphatic rings. The summed E-state index contributed by atoms with van der Waals surface area (Å²) in [6.07, 6.45) is 4.79. The number of aliphatic hydroxyl groups is 1. The Bertz CT molecular complexity index is 916. The number of Topliss-reactive ketones (excluding diaryl/α,β-unsaturated/α-hetero) is 1. The molecule has 4 rings (SSSR count). The second-order valence-electron chi connectivity index (χ2n) is 9.09. The molecule has 0 aromatic heterocycles. The summed E-state index contributed by atoms with van der Waals surface area (Å²) >= 11 is 0. The summed E-state index contributed by atoms with van der Waals surface area (Å²) in [7, 11) is 0. The van der Waals surface area contributed by atoms with Crippen LogP contribution in [0.4, 0.5) is 0 Å². The third-order valence-corrected chi connectivity index (χ3v) is 6.67. The van der Waals surface area contributed by atoms with Crippen molar-refractivity contribution in [1.82, 2.24) is 0 Å². The van der Waals surface area contributed by atoms with Gasteiger partial charge in [0.25, 0.3) is 0 Å². The zero-order valence-corrected chi connectivity index (χ0v) is 19.0. The van der Waals surface area contributed by atoms with E-state index in [0.717, 1.165) is 66.2 Å². The number of aliphatic hydroxyl groups excluding tert-OH is 1. The quantitative estimate of drug-likeness (QED) is 0.612. The summed E-state index contributed by atoms with van der Waals surface area (Å²) in [5.74, 6) is 2.65. The Hall–Kier alpha value is -2.37. The Morgan fingerprint density at radius 2 is 1.72 bits per heavy atom. The number of carbonyl (C=O) groups is 1. The van der Waals surface area contributed by atoms with Gasteiger partial charge in [0, 0.05) is 32.7 Å². The first-order chi connectivity index (χ1) is 15.6. The fourth-order valence-electron chi connectivity index (χ4n) is 4.81. The summed E-state index contributed by atoms with van der Waals surface area (Å²) in [6.45, 7) is 4.97. The predicted molar refractivity (Wildman–Crippen MR) is 124 cm³/mol. The smallest absolute Gasteiger partial charge is 0.161 e. The van der Waals surface area contributed by atoms with Crippen LogP contribution < -0.4 is 9.47 Å². The lowest BCUT2D eigenvalue weighted by molar-refractivity contribution is -0.119. The van der Waals surface area contributed by atoms with Crippen molar-refractivity contribution >= 4 is 5.78 Å². The Labute approximate surface area is 190 Å². The van der Waals surface area contributed by atoms with Gasteiger partial charge in [0.1, 0.15) is 19.0 Å². The van der Waals surface area contributed by atoms with E-state index in [0.29, 0.717) is 38.4 Å². The molecular formula is C27H34O5. The second kappa shape index (κ2) is 11.0. The van der Waals surface area contributed by atoms with Crippen LogP contribution in [0.3, 0.4) is 0 Å². The number of fused-ring (bicyclic) bond motifs is 1. The average Bonchev–Trinajstić information content (AvgIpc) is 2.81. The van der Waals surface area contributed by atoms with Crippen LogP contribution in [0.15, 0.2) is 36.4 Å². The van der Waals surface area contributed by atoms with Crippen LogP contribution in [0, 0.1) is 18.8 Å². The van der Waals surface area contributed by atoms with Crippen molar-refractivity contribution in [2.24, 2.45) is 11.8 Å². The number of aryl methyl sites for hydroxylation is 1. The number of ketones is 1. The number of hydrogen-bond acceptors (Lipinski definition) is 5. The monoisotopic (exact) mass is 438 g/mol. The molecule has 2 aromatic rings. The summed E-state index contributed by atoms with van der Waals surface area (Å²) < 4.78 is 16.8. The summed E-state index contributed by atoms with van der Waals surface area (Å²) in [6, 6.07) is 12.3. The molecule has 2 aliphatic heterocycles. The summed E-state index contributed by atoms with van der Waals surface area (Å²) in [4.78, 5) is 13.0. The van der Waals surface area contributed by atoms with Gasteiger partial charge in [-0.2, -0.15) is 0 Å². The number of rotatable bonds is 9. The maximum absolute atomic E-state index is 13.0. The zero-order valence-electron chi connectivity index (χ0n) is 19.0. The van der Waals surface area contributed by atoms with Crippen molar-refractivity contribution < 1.29 is 24.1 Å². The van der Waals surface area contributed by atoms with Gasteiger partial charge in [-0.3, -0.25) is 4.79 Å².